The summed E-state index contributed by atoms with van der Waals surface area (Å²) in [7, 11) is 1.64. The number of methoxy groups -OCH3 is 1. The number of hydrogen-bond acceptors (Lipinski definition) is 4. The molecule has 0 fully saturated rings. The van der Waals surface area contributed by atoms with Crippen molar-refractivity contribution in [1.82, 2.24) is 10.3 Å². The van der Waals surface area contributed by atoms with Crippen LogP contribution in [-0.4, -0.2) is 18.0 Å². The molecule has 5 heteroatoms. The molecule has 1 heterocycles. The Labute approximate surface area is 167 Å². The average Bonchev–Trinajstić information content (AvgIpc) is 3.14. The predicted molar refractivity (Wildman–Crippen MR) is 114 cm³/mol. The van der Waals surface area contributed by atoms with E-state index in [2.05, 4.69) is 34.6 Å². The lowest BCUT2D eigenvalue weighted by Crippen LogP contribution is -2.24. The van der Waals surface area contributed by atoms with Gasteiger partial charge in [0.05, 0.1) is 23.7 Å². The van der Waals surface area contributed by atoms with Crippen LogP contribution in [0.5, 0.6) is 5.75 Å². The van der Waals surface area contributed by atoms with Gasteiger partial charge in [0.15, 0.2) is 0 Å². The molecule has 0 unspecified atom stereocenters. The van der Waals surface area contributed by atoms with Crippen molar-refractivity contribution in [3.63, 3.8) is 0 Å². The number of rotatable bonds is 6. The fourth-order valence-electron chi connectivity index (χ4n) is 3.00. The molecule has 0 spiro atoms. The van der Waals surface area contributed by atoms with Crippen LogP contribution in [0.4, 0.5) is 0 Å². The van der Waals surface area contributed by atoms with Gasteiger partial charge in [0.1, 0.15) is 10.8 Å². The highest BCUT2D eigenvalue weighted by atomic mass is 32.1. The zero-order valence-electron chi connectivity index (χ0n) is 15.5. The third-order valence-electron chi connectivity index (χ3n) is 4.50. The van der Waals surface area contributed by atoms with Crippen LogP contribution in [0.2, 0.25) is 0 Å². The van der Waals surface area contributed by atoms with Crippen LogP contribution in [0.3, 0.4) is 0 Å². The molecule has 0 radical (unpaired) electrons. The Bertz CT molecular complexity index is 1090. The summed E-state index contributed by atoms with van der Waals surface area (Å²) in [5.74, 6) is 0.776. The molecule has 0 aliphatic rings. The second-order valence-corrected chi connectivity index (χ2v) is 7.57. The molecule has 4 nitrogen and oxygen atoms in total. The number of nitrogens with one attached hydrogen (secondary N) is 1. The van der Waals surface area contributed by atoms with E-state index < -0.39 is 0 Å². The summed E-state index contributed by atoms with van der Waals surface area (Å²) in [6, 6.07) is 24.2. The quantitative estimate of drug-likeness (QED) is 0.515. The summed E-state index contributed by atoms with van der Waals surface area (Å²) in [4.78, 5) is 16.9. The Balaban J connectivity index is 1.41. The zero-order chi connectivity index (χ0) is 19.3. The highest BCUT2D eigenvalue weighted by Gasteiger charge is 2.10. The number of nitrogens with zero attached hydrogens (tertiary/aromatic N) is 1. The topological polar surface area (TPSA) is 51.2 Å². The summed E-state index contributed by atoms with van der Waals surface area (Å²) < 4.78 is 6.24. The highest BCUT2D eigenvalue weighted by molar-refractivity contribution is 7.18. The van der Waals surface area contributed by atoms with Crippen molar-refractivity contribution < 1.29 is 9.53 Å². The Hall–Kier alpha value is -3.18. The SMILES string of the molecule is COc1ccc(CNC(=O)Cc2nc3ccc(-c4ccccc4)cc3s2)cc1. The van der Waals surface area contributed by atoms with Crippen LogP contribution in [0, 0.1) is 0 Å². The normalized spacial score (nSPS) is 10.8. The number of fused-ring (bicyclic) bond motifs is 1. The second-order valence-electron chi connectivity index (χ2n) is 6.46. The van der Waals surface area contributed by atoms with E-state index in [1.165, 1.54) is 5.56 Å². The van der Waals surface area contributed by atoms with Gasteiger partial charge < -0.3 is 10.1 Å². The van der Waals surface area contributed by atoms with Crippen molar-refractivity contribution in [1.29, 1.82) is 0 Å². The molecule has 1 N–H and O–H groups in total. The molecule has 0 saturated heterocycles. The molecule has 0 aliphatic carbocycles. The number of thiazole rings is 1. The minimum atomic E-state index is -0.0295. The van der Waals surface area contributed by atoms with E-state index in [9.17, 15) is 4.79 Å². The maximum absolute atomic E-state index is 12.3. The largest absolute Gasteiger partial charge is 0.497 e. The summed E-state index contributed by atoms with van der Waals surface area (Å²) in [5, 5.41) is 3.78. The molecule has 3 aromatic carbocycles. The molecule has 4 rings (SSSR count). The molecular formula is C23H20N2O2S. The maximum Gasteiger partial charge on any atom is 0.227 e. The van der Waals surface area contributed by atoms with Gasteiger partial charge in [-0.15, -0.1) is 11.3 Å². The van der Waals surface area contributed by atoms with Crippen molar-refractivity contribution in [2.45, 2.75) is 13.0 Å². The minimum absolute atomic E-state index is 0.0295. The van der Waals surface area contributed by atoms with Crippen LogP contribution in [0.15, 0.2) is 72.8 Å². The number of carbonyl (C=O) groups is 1. The lowest BCUT2D eigenvalue weighted by Gasteiger charge is -2.05. The van der Waals surface area contributed by atoms with Gasteiger partial charge in [0.2, 0.25) is 5.91 Å². The smallest absolute Gasteiger partial charge is 0.227 e. The van der Waals surface area contributed by atoms with Crippen molar-refractivity contribution in [3.8, 4) is 16.9 Å². The molecule has 28 heavy (non-hydrogen) atoms. The van der Waals surface area contributed by atoms with Crippen molar-refractivity contribution in [2.24, 2.45) is 0 Å². The van der Waals surface area contributed by atoms with E-state index in [4.69, 9.17) is 4.74 Å². The zero-order valence-corrected chi connectivity index (χ0v) is 16.3. The van der Waals surface area contributed by atoms with Crippen LogP contribution in [0.1, 0.15) is 10.6 Å². The highest BCUT2D eigenvalue weighted by Crippen LogP contribution is 2.28. The van der Waals surface area contributed by atoms with Gasteiger partial charge in [-0.05, 0) is 41.0 Å². The van der Waals surface area contributed by atoms with Gasteiger partial charge in [0.25, 0.3) is 0 Å². The van der Waals surface area contributed by atoms with E-state index in [1.807, 2.05) is 48.5 Å². The number of amides is 1. The Kier molecular flexibility index (Phi) is 5.35. The van der Waals surface area contributed by atoms with E-state index in [-0.39, 0.29) is 12.3 Å². The van der Waals surface area contributed by atoms with E-state index in [0.717, 1.165) is 32.1 Å². The van der Waals surface area contributed by atoms with Crippen LogP contribution in [0.25, 0.3) is 21.3 Å². The van der Waals surface area contributed by atoms with Gasteiger partial charge in [0, 0.05) is 6.54 Å². The first-order chi connectivity index (χ1) is 13.7. The lowest BCUT2D eigenvalue weighted by molar-refractivity contribution is -0.120. The summed E-state index contributed by atoms with van der Waals surface area (Å²) in [6.45, 7) is 0.492. The predicted octanol–water partition coefficient (Wildman–Crippen LogP) is 4.83. The van der Waals surface area contributed by atoms with E-state index >= 15 is 0 Å². The molecule has 0 aliphatic heterocycles. The number of hydrogen-bond donors (Lipinski definition) is 1. The molecule has 1 amide bonds. The van der Waals surface area contributed by atoms with Gasteiger partial charge >= 0.3 is 0 Å². The molecular weight excluding hydrogens is 368 g/mol. The molecule has 1 aromatic heterocycles. The van der Waals surface area contributed by atoms with Crippen LogP contribution < -0.4 is 10.1 Å². The van der Waals surface area contributed by atoms with Crippen molar-refractivity contribution in [2.75, 3.05) is 7.11 Å². The number of aromatic nitrogens is 1. The number of carbonyl (C=O) groups excluding carboxylic acids is 1. The standard InChI is InChI=1S/C23H20N2O2S/c1-27-19-10-7-16(8-11-19)15-24-22(26)14-23-25-20-12-9-18(13-21(20)28-23)17-5-3-2-4-6-17/h2-13H,14-15H2,1H3,(H,24,26). The molecule has 0 atom stereocenters. The number of benzene rings is 3. The van der Waals surface area contributed by atoms with Gasteiger partial charge in [-0.3, -0.25) is 4.79 Å². The molecule has 4 aromatic rings. The van der Waals surface area contributed by atoms with E-state index in [1.54, 1.807) is 18.4 Å². The summed E-state index contributed by atoms with van der Waals surface area (Å²) in [6.07, 6.45) is 0.288. The second kappa shape index (κ2) is 8.23. The van der Waals surface area contributed by atoms with Crippen molar-refractivity contribution in [3.05, 3.63) is 83.4 Å². The van der Waals surface area contributed by atoms with Gasteiger partial charge in [-0.25, -0.2) is 4.98 Å². The first kappa shape index (κ1) is 18.2. The minimum Gasteiger partial charge on any atom is -0.497 e. The first-order valence-electron chi connectivity index (χ1n) is 9.06. The van der Waals surface area contributed by atoms with Crippen molar-refractivity contribution >= 4 is 27.5 Å². The average molecular weight is 388 g/mol. The molecule has 0 bridgehead atoms. The monoisotopic (exact) mass is 388 g/mol. The fraction of sp³-hybridized carbons (Fsp3) is 0.130. The summed E-state index contributed by atoms with van der Waals surface area (Å²) >= 11 is 1.57. The fourth-order valence-corrected chi connectivity index (χ4v) is 4.01. The third kappa shape index (κ3) is 4.21. The van der Waals surface area contributed by atoms with E-state index in [0.29, 0.717) is 6.54 Å². The molecule has 140 valence electrons. The first-order valence-corrected chi connectivity index (χ1v) is 9.87. The third-order valence-corrected chi connectivity index (χ3v) is 5.52. The molecule has 0 saturated carbocycles. The summed E-state index contributed by atoms with van der Waals surface area (Å²) in [5.41, 5.74) is 4.30. The van der Waals surface area contributed by atoms with Crippen LogP contribution >= 0.6 is 11.3 Å². The Morgan fingerprint density at radius 2 is 1.79 bits per heavy atom. The number of ether oxygens (including phenoxy) is 1. The van der Waals surface area contributed by atoms with Crippen LogP contribution in [-0.2, 0) is 17.8 Å². The van der Waals surface area contributed by atoms with Gasteiger partial charge in [-0.1, -0.05) is 48.5 Å². The van der Waals surface area contributed by atoms with Gasteiger partial charge in [-0.2, -0.15) is 0 Å². The Morgan fingerprint density at radius 1 is 1.00 bits per heavy atom. The lowest BCUT2D eigenvalue weighted by atomic mass is 10.1. The Morgan fingerprint density at radius 3 is 2.54 bits per heavy atom. The maximum atomic E-state index is 12.3.